The van der Waals surface area contributed by atoms with Gasteiger partial charge in [0.25, 0.3) is 5.91 Å². The number of carbonyl (C=O) groups is 1. The van der Waals surface area contributed by atoms with Crippen molar-refractivity contribution >= 4 is 11.6 Å². The third-order valence-corrected chi connectivity index (χ3v) is 3.93. The molecule has 4 nitrogen and oxygen atoms in total. The number of benzene rings is 2. The number of anilines is 1. The second-order valence-electron chi connectivity index (χ2n) is 5.15. The molecule has 0 spiro atoms. The van der Waals surface area contributed by atoms with Crippen molar-refractivity contribution in [1.29, 1.82) is 0 Å². The van der Waals surface area contributed by atoms with E-state index in [0.29, 0.717) is 0 Å². The van der Waals surface area contributed by atoms with Gasteiger partial charge in [0.05, 0.1) is 13.2 Å². The zero-order valence-corrected chi connectivity index (χ0v) is 12.0. The van der Waals surface area contributed by atoms with Crippen LogP contribution in [0, 0.1) is 6.92 Å². The van der Waals surface area contributed by atoms with Crippen molar-refractivity contribution in [3.8, 4) is 5.75 Å². The largest absolute Gasteiger partial charge is 0.497 e. The molecule has 1 heterocycles. The quantitative estimate of drug-likeness (QED) is 0.880. The fourth-order valence-electron chi connectivity index (χ4n) is 2.73. The van der Waals surface area contributed by atoms with Gasteiger partial charge in [0, 0.05) is 5.69 Å². The van der Waals surface area contributed by atoms with Gasteiger partial charge in [-0.05, 0) is 42.3 Å². The summed E-state index contributed by atoms with van der Waals surface area (Å²) in [6.07, 6.45) is -0.979. The summed E-state index contributed by atoms with van der Waals surface area (Å²) in [5.74, 6) is 0.466. The molecule has 1 amide bonds. The van der Waals surface area contributed by atoms with Crippen LogP contribution in [0.2, 0.25) is 0 Å². The highest BCUT2D eigenvalue weighted by molar-refractivity contribution is 6.05. The Morgan fingerprint density at radius 1 is 1.10 bits per heavy atom. The highest BCUT2D eigenvalue weighted by Gasteiger charge is 2.48. The van der Waals surface area contributed by atoms with Gasteiger partial charge in [0.15, 0.2) is 6.10 Å². The minimum atomic E-state index is -0.979. The van der Waals surface area contributed by atoms with Gasteiger partial charge in [0.2, 0.25) is 0 Å². The molecule has 0 radical (unpaired) electrons. The SMILES string of the molecule is COc1ccc(N2C(=O)[C@@H](O)[C@H]2c2ccccc2C)cc1. The third-order valence-electron chi connectivity index (χ3n) is 3.93. The minimum Gasteiger partial charge on any atom is -0.497 e. The highest BCUT2D eigenvalue weighted by atomic mass is 16.5. The summed E-state index contributed by atoms with van der Waals surface area (Å²) in [4.78, 5) is 13.7. The number of aliphatic hydroxyl groups is 1. The summed E-state index contributed by atoms with van der Waals surface area (Å²) in [5.41, 5.74) is 2.80. The lowest BCUT2D eigenvalue weighted by molar-refractivity contribution is -0.137. The number of methoxy groups -OCH3 is 1. The smallest absolute Gasteiger partial charge is 0.259 e. The molecule has 2 aromatic rings. The summed E-state index contributed by atoms with van der Waals surface area (Å²) in [6, 6.07) is 14.7. The van der Waals surface area contributed by atoms with Gasteiger partial charge in [0.1, 0.15) is 5.75 Å². The van der Waals surface area contributed by atoms with E-state index < -0.39 is 6.10 Å². The van der Waals surface area contributed by atoms with E-state index in [2.05, 4.69) is 0 Å². The lowest BCUT2D eigenvalue weighted by atomic mass is 9.87. The van der Waals surface area contributed by atoms with E-state index in [0.717, 1.165) is 22.6 Å². The zero-order valence-electron chi connectivity index (χ0n) is 12.0. The molecule has 108 valence electrons. The van der Waals surface area contributed by atoms with Crippen molar-refractivity contribution in [1.82, 2.24) is 0 Å². The fraction of sp³-hybridized carbons (Fsp3) is 0.235. The Balaban J connectivity index is 1.96. The van der Waals surface area contributed by atoms with Crippen molar-refractivity contribution in [3.05, 3.63) is 59.7 Å². The Hall–Kier alpha value is -2.33. The number of hydrogen-bond acceptors (Lipinski definition) is 3. The lowest BCUT2D eigenvalue weighted by Crippen LogP contribution is -2.59. The Labute approximate surface area is 123 Å². The molecule has 0 unspecified atom stereocenters. The second kappa shape index (κ2) is 5.22. The number of aliphatic hydroxyl groups excluding tert-OH is 1. The van der Waals surface area contributed by atoms with E-state index >= 15 is 0 Å². The number of aryl methyl sites for hydroxylation is 1. The van der Waals surface area contributed by atoms with Gasteiger partial charge in [-0.25, -0.2) is 0 Å². The summed E-state index contributed by atoms with van der Waals surface area (Å²) in [7, 11) is 1.60. The van der Waals surface area contributed by atoms with Crippen LogP contribution < -0.4 is 9.64 Å². The minimum absolute atomic E-state index is 0.270. The van der Waals surface area contributed by atoms with Gasteiger partial charge in [-0.15, -0.1) is 0 Å². The molecule has 2 atom stereocenters. The molecule has 1 N–H and O–H groups in total. The molecule has 0 saturated carbocycles. The summed E-state index contributed by atoms with van der Waals surface area (Å²) >= 11 is 0. The Kier molecular flexibility index (Phi) is 3.39. The van der Waals surface area contributed by atoms with Gasteiger partial charge in [-0.2, -0.15) is 0 Å². The number of amides is 1. The highest BCUT2D eigenvalue weighted by Crippen LogP contribution is 2.40. The Morgan fingerprint density at radius 3 is 2.38 bits per heavy atom. The van der Waals surface area contributed by atoms with Crippen LogP contribution in [-0.4, -0.2) is 24.2 Å². The van der Waals surface area contributed by atoms with Gasteiger partial charge >= 0.3 is 0 Å². The first-order chi connectivity index (χ1) is 10.1. The maximum Gasteiger partial charge on any atom is 0.259 e. The van der Waals surface area contributed by atoms with Crippen LogP contribution >= 0.6 is 0 Å². The maximum atomic E-state index is 12.1. The zero-order chi connectivity index (χ0) is 15.0. The molecule has 2 aromatic carbocycles. The molecule has 4 heteroatoms. The van der Waals surface area contributed by atoms with Crippen molar-refractivity contribution in [2.45, 2.75) is 19.1 Å². The molecule has 0 bridgehead atoms. The van der Waals surface area contributed by atoms with E-state index in [9.17, 15) is 9.90 Å². The van der Waals surface area contributed by atoms with Crippen LogP contribution in [0.3, 0.4) is 0 Å². The average Bonchev–Trinajstić information content (AvgIpc) is 2.53. The predicted octanol–water partition coefficient (Wildman–Crippen LogP) is 2.45. The molecular formula is C17H17NO3. The van der Waals surface area contributed by atoms with Crippen molar-refractivity contribution in [2.75, 3.05) is 12.0 Å². The number of ether oxygens (including phenoxy) is 1. The Bertz CT molecular complexity index is 666. The molecule has 0 aromatic heterocycles. The second-order valence-corrected chi connectivity index (χ2v) is 5.15. The number of nitrogens with zero attached hydrogens (tertiary/aromatic N) is 1. The number of β-lactam (4-membered cyclic amide) rings is 1. The van der Waals surface area contributed by atoms with E-state index in [4.69, 9.17) is 4.74 Å². The number of carbonyl (C=O) groups excluding carboxylic acids is 1. The summed E-state index contributed by atoms with van der Waals surface area (Å²) in [5, 5.41) is 10.1. The summed E-state index contributed by atoms with van der Waals surface area (Å²) < 4.78 is 5.13. The topological polar surface area (TPSA) is 49.8 Å². The maximum absolute atomic E-state index is 12.1. The van der Waals surface area contributed by atoms with Crippen LogP contribution in [0.25, 0.3) is 0 Å². The van der Waals surface area contributed by atoms with Crippen LogP contribution in [0.4, 0.5) is 5.69 Å². The van der Waals surface area contributed by atoms with Crippen molar-refractivity contribution < 1.29 is 14.6 Å². The fourth-order valence-corrected chi connectivity index (χ4v) is 2.73. The standard InChI is InChI=1S/C17H17NO3/c1-11-5-3-4-6-14(11)15-16(19)17(20)18(15)12-7-9-13(21-2)10-8-12/h3-10,15-16,19H,1-2H3/t15-,16+/m1/s1. The Morgan fingerprint density at radius 2 is 1.76 bits per heavy atom. The van der Waals surface area contributed by atoms with E-state index in [1.807, 2.05) is 55.5 Å². The molecule has 1 aliphatic rings. The van der Waals surface area contributed by atoms with Gasteiger partial charge in [-0.1, -0.05) is 24.3 Å². The van der Waals surface area contributed by atoms with E-state index in [1.165, 1.54) is 0 Å². The van der Waals surface area contributed by atoms with Crippen molar-refractivity contribution in [3.63, 3.8) is 0 Å². The number of rotatable bonds is 3. The van der Waals surface area contributed by atoms with E-state index in [1.54, 1.807) is 12.0 Å². The molecule has 1 fully saturated rings. The monoisotopic (exact) mass is 283 g/mol. The van der Waals surface area contributed by atoms with Crippen molar-refractivity contribution in [2.24, 2.45) is 0 Å². The first-order valence-electron chi connectivity index (χ1n) is 6.84. The van der Waals surface area contributed by atoms with Gasteiger partial charge in [-0.3, -0.25) is 9.69 Å². The molecule has 21 heavy (non-hydrogen) atoms. The number of hydrogen-bond donors (Lipinski definition) is 1. The van der Waals surface area contributed by atoms with Crippen LogP contribution in [0.15, 0.2) is 48.5 Å². The average molecular weight is 283 g/mol. The van der Waals surface area contributed by atoms with E-state index in [-0.39, 0.29) is 11.9 Å². The first kappa shape index (κ1) is 13.6. The van der Waals surface area contributed by atoms with Crippen LogP contribution in [0.5, 0.6) is 5.75 Å². The predicted molar refractivity (Wildman–Crippen MR) is 80.4 cm³/mol. The third kappa shape index (κ3) is 2.17. The first-order valence-corrected chi connectivity index (χ1v) is 6.84. The molecule has 3 rings (SSSR count). The summed E-state index contributed by atoms with van der Waals surface area (Å²) in [6.45, 7) is 1.98. The normalized spacial score (nSPS) is 21.1. The molecule has 1 aliphatic heterocycles. The lowest BCUT2D eigenvalue weighted by Gasteiger charge is -2.45. The van der Waals surface area contributed by atoms with Crippen LogP contribution in [0.1, 0.15) is 17.2 Å². The van der Waals surface area contributed by atoms with Gasteiger partial charge < -0.3 is 9.84 Å². The molecule has 1 saturated heterocycles. The molecular weight excluding hydrogens is 266 g/mol. The molecule has 0 aliphatic carbocycles. The van der Waals surface area contributed by atoms with Crippen LogP contribution in [-0.2, 0) is 4.79 Å².